The van der Waals surface area contributed by atoms with Gasteiger partial charge < -0.3 is 10.1 Å². The normalized spacial score (nSPS) is 14.9. The molecule has 3 aromatic rings. The van der Waals surface area contributed by atoms with Crippen molar-refractivity contribution in [1.29, 1.82) is 0 Å². The molecule has 2 aromatic carbocycles. The van der Waals surface area contributed by atoms with E-state index in [1.54, 1.807) is 18.5 Å². The first kappa shape index (κ1) is 19.1. The average Bonchev–Trinajstić information content (AvgIpc) is 2.75. The van der Waals surface area contributed by atoms with Crippen LogP contribution in [0.5, 0.6) is 5.75 Å². The van der Waals surface area contributed by atoms with Crippen LogP contribution in [0.4, 0.5) is 11.5 Å². The van der Waals surface area contributed by atoms with Crippen molar-refractivity contribution in [2.24, 2.45) is 5.92 Å². The van der Waals surface area contributed by atoms with Crippen molar-refractivity contribution in [2.45, 2.75) is 12.8 Å². The number of aromatic nitrogens is 2. The van der Waals surface area contributed by atoms with Crippen molar-refractivity contribution in [3.05, 3.63) is 53.3 Å². The second kappa shape index (κ2) is 8.86. The van der Waals surface area contributed by atoms with Gasteiger partial charge in [0.05, 0.1) is 30.3 Å². The fourth-order valence-corrected chi connectivity index (χ4v) is 3.95. The number of halogens is 1. The number of nitrogens with zero attached hydrogens (tertiary/aromatic N) is 3. The zero-order valence-corrected chi connectivity index (χ0v) is 17.4. The van der Waals surface area contributed by atoms with Gasteiger partial charge in [-0.15, -0.1) is 0 Å². The highest BCUT2D eigenvalue weighted by Gasteiger charge is 2.21. The Kier molecular flexibility index (Phi) is 6.04. The first-order valence-electron chi connectivity index (χ1n) is 9.44. The van der Waals surface area contributed by atoms with E-state index in [-0.39, 0.29) is 0 Å². The van der Waals surface area contributed by atoms with E-state index < -0.39 is 0 Å². The Morgan fingerprint density at radius 3 is 2.71 bits per heavy atom. The van der Waals surface area contributed by atoms with Crippen LogP contribution in [0, 0.1) is 5.92 Å². The maximum atomic E-state index is 6.26. The Morgan fingerprint density at radius 1 is 1.11 bits per heavy atom. The summed E-state index contributed by atoms with van der Waals surface area (Å²) in [4.78, 5) is 14.7. The van der Waals surface area contributed by atoms with Gasteiger partial charge >= 0.3 is 0 Å². The summed E-state index contributed by atoms with van der Waals surface area (Å²) < 4.78 is 7.17. The minimum absolute atomic E-state index is 0.561. The first-order valence-corrected chi connectivity index (χ1v) is 10.2. The van der Waals surface area contributed by atoms with E-state index in [2.05, 4.69) is 31.2 Å². The average molecular weight is 443 g/mol. The van der Waals surface area contributed by atoms with Crippen LogP contribution in [0.2, 0.25) is 0 Å². The number of fused-ring (bicyclic) bond motifs is 1. The molecule has 6 nitrogen and oxygen atoms in total. The first-order chi connectivity index (χ1) is 13.8. The second-order valence-corrected chi connectivity index (χ2v) is 7.63. The zero-order valence-electron chi connectivity index (χ0n) is 15.8. The number of rotatable bonds is 6. The Labute approximate surface area is 173 Å². The second-order valence-electron chi connectivity index (χ2n) is 6.78. The third-order valence-electron chi connectivity index (χ3n) is 4.98. The van der Waals surface area contributed by atoms with Gasteiger partial charge in [0, 0.05) is 4.47 Å². The van der Waals surface area contributed by atoms with Crippen molar-refractivity contribution < 1.29 is 9.57 Å². The lowest BCUT2D eigenvalue weighted by Crippen LogP contribution is -2.30. The molecule has 28 heavy (non-hydrogen) atoms. The lowest BCUT2D eigenvalue weighted by Gasteiger charge is -2.25. The summed E-state index contributed by atoms with van der Waals surface area (Å²) in [6.45, 7) is 2.80. The highest BCUT2D eigenvalue weighted by molar-refractivity contribution is 9.10. The molecular weight excluding hydrogens is 420 g/mol. The summed E-state index contributed by atoms with van der Waals surface area (Å²) in [6.07, 6.45) is 3.82. The largest absolute Gasteiger partial charge is 0.492 e. The summed E-state index contributed by atoms with van der Waals surface area (Å²) in [6, 6.07) is 13.8. The van der Waals surface area contributed by atoms with Gasteiger partial charge in [0.15, 0.2) is 5.82 Å². The monoisotopic (exact) mass is 442 g/mol. The third-order valence-corrected chi connectivity index (χ3v) is 5.65. The molecule has 0 aliphatic carbocycles. The molecule has 4 rings (SSSR count). The fourth-order valence-electron chi connectivity index (χ4n) is 3.51. The van der Waals surface area contributed by atoms with Gasteiger partial charge in [-0.3, -0.25) is 4.84 Å². The standard InChI is InChI=1S/C21H23BrN4O2/c1-27-26(18-7-3-2-5-16(18)22)21-20-17(24-14-25-21)6-4-8-19(20)28-13-15-9-11-23-12-10-15/h2-8,14-15,23H,9-13H2,1H3. The number of anilines is 2. The summed E-state index contributed by atoms with van der Waals surface area (Å²) in [7, 11) is 1.63. The smallest absolute Gasteiger partial charge is 0.172 e. The maximum absolute atomic E-state index is 6.26. The Bertz CT molecular complexity index is 941. The number of ether oxygens (including phenoxy) is 1. The molecule has 0 atom stereocenters. The van der Waals surface area contributed by atoms with Crippen LogP contribution in [0.1, 0.15) is 12.8 Å². The minimum Gasteiger partial charge on any atom is -0.492 e. The molecule has 1 aliphatic rings. The van der Waals surface area contributed by atoms with E-state index in [9.17, 15) is 0 Å². The van der Waals surface area contributed by atoms with Gasteiger partial charge in [0.25, 0.3) is 0 Å². The quantitative estimate of drug-likeness (QED) is 0.568. The maximum Gasteiger partial charge on any atom is 0.172 e. The molecule has 0 bridgehead atoms. The van der Waals surface area contributed by atoms with Gasteiger partial charge in [-0.1, -0.05) is 18.2 Å². The fraction of sp³-hybridized carbons (Fsp3) is 0.333. The lowest BCUT2D eigenvalue weighted by molar-refractivity contribution is 0.199. The van der Waals surface area contributed by atoms with Crippen molar-refractivity contribution >= 4 is 38.3 Å². The highest BCUT2D eigenvalue weighted by Crippen LogP contribution is 2.38. The van der Waals surface area contributed by atoms with E-state index in [0.717, 1.165) is 52.7 Å². The summed E-state index contributed by atoms with van der Waals surface area (Å²) >= 11 is 3.60. The van der Waals surface area contributed by atoms with Crippen LogP contribution in [0.3, 0.4) is 0 Å². The minimum atomic E-state index is 0.561. The SMILES string of the molecule is CON(c1ccccc1Br)c1ncnc2cccc(OCC3CCNCC3)c12. The predicted octanol–water partition coefficient (Wildman–Crippen LogP) is 4.47. The number of hydrogen-bond acceptors (Lipinski definition) is 6. The summed E-state index contributed by atoms with van der Waals surface area (Å²) in [5.74, 6) is 1.99. The van der Waals surface area contributed by atoms with Crippen LogP contribution in [-0.4, -0.2) is 36.8 Å². The number of piperidine rings is 1. The molecule has 1 N–H and O–H groups in total. The van der Waals surface area contributed by atoms with Crippen molar-refractivity contribution in [3.63, 3.8) is 0 Å². The molecule has 146 valence electrons. The molecule has 1 saturated heterocycles. The van der Waals surface area contributed by atoms with E-state index in [1.807, 2.05) is 42.5 Å². The third kappa shape index (κ3) is 3.97. The van der Waals surface area contributed by atoms with Crippen LogP contribution >= 0.6 is 15.9 Å². The molecule has 1 aliphatic heterocycles. The topological polar surface area (TPSA) is 59.5 Å². The molecule has 0 spiro atoms. The van der Waals surface area contributed by atoms with Gasteiger partial charge in [0.2, 0.25) is 0 Å². The van der Waals surface area contributed by atoms with Crippen molar-refractivity contribution in [3.8, 4) is 5.75 Å². The van der Waals surface area contributed by atoms with Gasteiger partial charge in [-0.05, 0) is 72.0 Å². The highest BCUT2D eigenvalue weighted by atomic mass is 79.9. The Morgan fingerprint density at radius 2 is 1.93 bits per heavy atom. The molecule has 2 heterocycles. The van der Waals surface area contributed by atoms with Gasteiger partial charge in [-0.2, -0.15) is 0 Å². The van der Waals surface area contributed by atoms with Crippen molar-refractivity contribution in [1.82, 2.24) is 15.3 Å². The molecule has 0 unspecified atom stereocenters. The summed E-state index contributed by atoms with van der Waals surface area (Å²) in [5, 5.41) is 5.94. The lowest BCUT2D eigenvalue weighted by atomic mass is 9.99. The van der Waals surface area contributed by atoms with E-state index in [4.69, 9.17) is 9.57 Å². The summed E-state index contributed by atoms with van der Waals surface area (Å²) in [5.41, 5.74) is 1.68. The predicted molar refractivity (Wildman–Crippen MR) is 114 cm³/mol. The molecular formula is C21H23BrN4O2. The number of nitrogens with one attached hydrogen (secondary N) is 1. The molecule has 0 amide bonds. The van der Waals surface area contributed by atoms with Gasteiger partial charge in [0.1, 0.15) is 12.1 Å². The number of para-hydroxylation sites is 1. The molecule has 1 aromatic heterocycles. The van der Waals surface area contributed by atoms with Crippen molar-refractivity contribution in [2.75, 3.05) is 31.9 Å². The van der Waals surface area contributed by atoms with Crippen LogP contribution < -0.4 is 15.1 Å². The van der Waals surface area contributed by atoms with Crippen LogP contribution in [0.25, 0.3) is 10.9 Å². The Balaban J connectivity index is 1.72. The van der Waals surface area contributed by atoms with Crippen LogP contribution in [0.15, 0.2) is 53.3 Å². The van der Waals surface area contributed by atoms with E-state index in [1.165, 1.54) is 0 Å². The molecule has 1 fully saturated rings. The van der Waals surface area contributed by atoms with Gasteiger partial charge in [-0.25, -0.2) is 15.0 Å². The number of hydrogen-bond donors (Lipinski definition) is 1. The van der Waals surface area contributed by atoms with Crippen LogP contribution in [-0.2, 0) is 4.84 Å². The number of benzene rings is 2. The molecule has 0 radical (unpaired) electrons. The van der Waals surface area contributed by atoms with E-state index in [0.29, 0.717) is 18.3 Å². The molecule has 0 saturated carbocycles. The van der Waals surface area contributed by atoms with E-state index >= 15 is 0 Å². The molecule has 7 heteroatoms. The zero-order chi connectivity index (χ0) is 19.3. The Hall–Kier alpha value is -2.22.